The zero-order valence-corrected chi connectivity index (χ0v) is 21.0. The number of thiophene rings is 1. The fraction of sp³-hybridized carbons (Fsp3) is 0.280. The first kappa shape index (κ1) is 23.9. The lowest BCUT2D eigenvalue weighted by Gasteiger charge is -2.39. The van der Waals surface area contributed by atoms with Crippen molar-refractivity contribution in [2.45, 2.75) is 18.9 Å². The SMILES string of the molecule is COc1cc(Cl)c(C)cc1NC(=O)C1c2cc(OC)c(OC)cc2C(=O)N(C)C1c1cccs1. The number of ether oxygens (including phenoxy) is 3. The number of rotatable bonds is 6. The van der Waals surface area contributed by atoms with E-state index in [1.54, 1.807) is 36.2 Å². The van der Waals surface area contributed by atoms with Gasteiger partial charge in [0.2, 0.25) is 5.91 Å². The summed E-state index contributed by atoms with van der Waals surface area (Å²) in [5.41, 5.74) is 2.27. The quantitative estimate of drug-likeness (QED) is 0.498. The summed E-state index contributed by atoms with van der Waals surface area (Å²) in [5, 5.41) is 5.47. The predicted molar refractivity (Wildman–Crippen MR) is 133 cm³/mol. The summed E-state index contributed by atoms with van der Waals surface area (Å²) < 4.78 is 16.3. The van der Waals surface area contributed by atoms with Gasteiger partial charge in [-0.05, 0) is 47.7 Å². The van der Waals surface area contributed by atoms with E-state index in [2.05, 4.69) is 5.32 Å². The molecule has 0 fully saturated rings. The lowest BCUT2D eigenvalue weighted by atomic mass is 9.81. The van der Waals surface area contributed by atoms with Crippen molar-refractivity contribution in [3.63, 3.8) is 0 Å². The number of anilines is 1. The van der Waals surface area contributed by atoms with Gasteiger partial charge in [0.25, 0.3) is 5.91 Å². The number of fused-ring (bicyclic) bond motifs is 1. The molecule has 0 radical (unpaired) electrons. The van der Waals surface area contributed by atoms with E-state index in [9.17, 15) is 9.59 Å². The second-order valence-corrected chi connectivity index (χ2v) is 9.33. The number of hydrogen-bond acceptors (Lipinski definition) is 6. The Bertz CT molecular complexity index is 1240. The van der Waals surface area contributed by atoms with Crippen molar-refractivity contribution in [1.29, 1.82) is 0 Å². The van der Waals surface area contributed by atoms with Crippen molar-refractivity contribution in [2.75, 3.05) is 33.7 Å². The molecule has 2 heterocycles. The van der Waals surface area contributed by atoms with Crippen molar-refractivity contribution >= 4 is 40.4 Å². The van der Waals surface area contributed by atoms with E-state index in [0.717, 1.165) is 10.4 Å². The molecule has 1 aliphatic rings. The van der Waals surface area contributed by atoms with Crippen LogP contribution in [-0.4, -0.2) is 45.1 Å². The fourth-order valence-corrected chi connectivity index (χ4v) is 5.35. The maximum absolute atomic E-state index is 13.9. The summed E-state index contributed by atoms with van der Waals surface area (Å²) in [7, 11) is 6.26. The van der Waals surface area contributed by atoms with Gasteiger partial charge in [-0.2, -0.15) is 0 Å². The molecule has 0 saturated carbocycles. The van der Waals surface area contributed by atoms with Gasteiger partial charge >= 0.3 is 0 Å². The molecule has 0 spiro atoms. The number of likely N-dealkylation sites (N-methyl/N-ethyl adjacent to an activating group) is 1. The van der Waals surface area contributed by atoms with E-state index in [4.69, 9.17) is 25.8 Å². The molecule has 2 atom stereocenters. The van der Waals surface area contributed by atoms with Crippen LogP contribution in [0.2, 0.25) is 5.02 Å². The lowest BCUT2D eigenvalue weighted by Crippen LogP contribution is -2.43. The number of nitrogens with one attached hydrogen (secondary N) is 1. The van der Waals surface area contributed by atoms with Gasteiger partial charge < -0.3 is 24.4 Å². The summed E-state index contributed by atoms with van der Waals surface area (Å²) in [6, 6.07) is 10.1. The van der Waals surface area contributed by atoms with Gasteiger partial charge in [-0.25, -0.2) is 0 Å². The van der Waals surface area contributed by atoms with Gasteiger partial charge in [0.15, 0.2) is 11.5 Å². The van der Waals surface area contributed by atoms with Crippen molar-refractivity contribution in [3.8, 4) is 17.2 Å². The monoisotopic (exact) mass is 500 g/mol. The highest BCUT2D eigenvalue weighted by molar-refractivity contribution is 7.10. The Balaban J connectivity index is 1.87. The van der Waals surface area contributed by atoms with Crippen molar-refractivity contribution in [1.82, 2.24) is 4.90 Å². The molecule has 1 aromatic heterocycles. The molecule has 0 aliphatic carbocycles. The van der Waals surface area contributed by atoms with E-state index >= 15 is 0 Å². The van der Waals surface area contributed by atoms with Crippen LogP contribution in [0.5, 0.6) is 17.2 Å². The van der Waals surface area contributed by atoms with Crippen LogP contribution >= 0.6 is 22.9 Å². The average molecular weight is 501 g/mol. The minimum Gasteiger partial charge on any atom is -0.495 e. The first-order valence-electron chi connectivity index (χ1n) is 10.5. The van der Waals surface area contributed by atoms with E-state index in [0.29, 0.717) is 39.1 Å². The molecule has 9 heteroatoms. The van der Waals surface area contributed by atoms with Crippen LogP contribution in [0.4, 0.5) is 5.69 Å². The summed E-state index contributed by atoms with van der Waals surface area (Å²) in [6.07, 6.45) is 0. The zero-order valence-electron chi connectivity index (χ0n) is 19.5. The number of methoxy groups -OCH3 is 3. The highest BCUT2D eigenvalue weighted by Crippen LogP contribution is 2.47. The largest absolute Gasteiger partial charge is 0.495 e. The second-order valence-electron chi connectivity index (χ2n) is 7.94. The van der Waals surface area contributed by atoms with Gasteiger partial charge in [-0.1, -0.05) is 17.7 Å². The highest BCUT2D eigenvalue weighted by atomic mass is 35.5. The molecule has 3 aromatic rings. The summed E-state index contributed by atoms with van der Waals surface area (Å²) in [6.45, 7) is 1.85. The maximum atomic E-state index is 13.9. The minimum atomic E-state index is -0.711. The number of hydrogen-bond donors (Lipinski definition) is 1. The first-order chi connectivity index (χ1) is 16.3. The Labute approximate surface area is 207 Å². The molecule has 1 aliphatic heterocycles. The van der Waals surface area contributed by atoms with Crippen LogP contribution in [0.1, 0.15) is 38.3 Å². The lowest BCUT2D eigenvalue weighted by molar-refractivity contribution is -0.119. The van der Waals surface area contributed by atoms with Crippen molar-refractivity contribution in [2.24, 2.45) is 0 Å². The van der Waals surface area contributed by atoms with Gasteiger partial charge in [-0.3, -0.25) is 9.59 Å². The summed E-state index contributed by atoms with van der Waals surface area (Å²) in [4.78, 5) is 29.8. The normalized spacial score (nSPS) is 17.2. The maximum Gasteiger partial charge on any atom is 0.254 e. The van der Waals surface area contributed by atoms with Crippen LogP contribution in [0.15, 0.2) is 41.8 Å². The van der Waals surface area contributed by atoms with Crippen molar-refractivity contribution < 1.29 is 23.8 Å². The van der Waals surface area contributed by atoms with Crippen LogP contribution < -0.4 is 19.5 Å². The Morgan fingerprint density at radius 3 is 2.35 bits per heavy atom. The topological polar surface area (TPSA) is 77.1 Å². The number of amides is 2. The number of halogens is 1. The molecule has 2 amide bonds. The third-order valence-electron chi connectivity index (χ3n) is 6.03. The highest BCUT2D eigenvalue weighted by Gasteiger charge is 2.44. The molecular formula is C25H25ClN2O5S. The van der Waals surface area contributed by atoms with Crippen LogP contribution in [0.3, 0.4) is 0 Å². The molecule has 178 valence electrons. The first-order valence-corrected chi connectivity index (χ1v) is 11.8. The number of aryl methyl sites for hydroxylation is 1. The zero-order chi connectivity index (χ0) is 24.6. The van der Waals surface area contributed by atoms with E-state index < -0.39 is 12.0 Å². The Hall–Kier alpha value is -3.23. The standard InChI is InChI=1S/C25H25ClN2O5S/c1-13-9-17(18(31-3)12-16(13)26)27-24(29)22-14-10-19(32-4)20(33-5)11-15(14)25(30)28(2)23(22)21-7-6-8-34-21/h6-12,22-23H,1-5H3,(H,27,29). The second kappa shape index (κ2) is 9.56. The van der Waals surface area contributed by atoms with Crippen molar-refractivity contribution in [3.05, 3.63) is 68.4 Å². The smallest absolute Gasteiger partial charge is 0.254 e. The van der Waals surface area contributed by atoms with Crippen LogP contribution in [0.25, 0.3) is 0 Å². The molecule has 0 saturated heterocycles. The minimum absolute atomic E-state index is 0.196. The molecular weight excluding hydrogens is 476 g/mol. The van der Waals surface area contributed by atoms with E-state index in [1.807, 2.05) is 24.4 Å². The molecule has 1 N–H and O–H groups in total. The third kappa shape index (κ3) is 4.08. The Morgan fingerprint density at radius 2 is 1.74 bits per heavy atom. The van der Waals surface area contributed by atoms with Gasteiger partial charge in [0.1, 0.15) is 5.75 Å². The molecule has 7 nitrogen and oxygen atoms in total. The Morgan fingerprint density at radius 1 is 1.06 bits per heavy atom. The molecule has 2 unspecified atom stereocenters. The van der Waals surface area contributed by atoms with Gasteiger partial charge in [-0.15, -0.1) is 11.3 Å². The number of benzene rings is 2. The van der Waals surface area contributed by atoms with Crippen LogP contribution in [0, 0.1) is 6.92 Å². The predicted octanol–water partition coefficient (Wildman–Crippen LogP) is 5.28. The molecule has 4 rings (SSSR count). The summed E-state index contributed by atoms with van der Waals surface area (Å²) in [5.74, 6) is 0.124. The van der Waals surface area contributed by atoms with E-state index in [1.165, 1.54) is 32.7 Å². The average Bonchev–Trinajstić information content (AvgIpc) is 3.36. The molecule has 34 heavy (non-hydrogen) atoms. The number of carbonyl (C=O) groups excluding carboxylic acids is 2. The van der Waals surface area contributed by atoms with Gasteiger partial charge in [0, 0.05) is 28.6 Å². The van der Waals surface area contributed by atoms with Gasteiger partial charge in [0.05, 0.1) is 39.0 Å². The number of carbonyl (C=O) groups is 2. The molecule has 0 bridgehead atoms. The third-order valence-corrected chi connectivity index (χ3v) is 7.38. The van der Waals surface area contributed by atoms with Crippen LogP contribution in [-0.2, 0) is 4.79 Å². The fourth-order valence-electron chi connectivity index (χ4n) is 4.29. The molecule has 2 aromatic carbocycles. The number of nitrogens with zero attached hydrogens (tertiary/aromatic N) is 1. The van der Waals surface area contributed by atoms with E-state index in [-0.39, 0.29) is 11.8 Å². The Kier molecular flexibility index (Phi) is 6.72. The summed E-state index contributed by atoms with van der Waals surface area (Å²) >= 11 is 7.74.